The second-order valence-electron chi connectivity index (χ2n) is 5.03. The van der Waals surface area contributed by atoms with Crippen LogP contribution in [0.25, 0.3) is 10.9 Å². The first-order valence-electron chi connectivity index (χ1n) is 6.29. The van der Waals surface area contributed by atoms with Gasteiger partial charge in [-0.25, -0.2) is 0 Å². The third-order valence-electron chi connectivity index (χ3n) is 3.62. The van der Waals surface area contributed by atoms with Gasteiger partial charge in [0.25, 0.3) is 0 Å². The highest BCUT2D eigenvalue weighted by Gasteiger charge is 2.22. The molecule has 4 N–H and O–H groups in total. The fraction of sp³-hybridized carbons (Fsp3) is 0.357. The lowest BCUT2D eigenvalue weighted by atomic mass is 9.91. The zero-order valence-corrected chi connectivity index (χ0v) is 10.4. The Morgan fingerprint density at radius 3 is 3.11 bits per heavy atom. The van der Waals surface area contributed by atoms with E-state index in [2.05, 4.69) is 16.4 Å². The molecule has 94 valence electrons. The smallest absolute Gasteiger partial charge is 0.217 e. The highest BCUT2D eigenvalue weighted by Crippen LogP contribution is 2.30. The molecular formula is C14H17N3O. The molecule has 3 rings (SSSR count). The van der Waals surface area contributed by atoms with E-state index in [1.165, 1.54) is 16.6 Å². The van der Waals surface area contributed by atoms with Gasteiger partial charge in [-0.15, -0.1) is 0 Å². The topological polar surface area (TPSA) is 70.9 Å². The second kappa shape index (κ2) is 4.05. The van der Waals surface area contributed by atoms with Crippen LogP contribution in [0, 0.1) is 0 Å². The van der Waals surface area contributed by atoms with Crippen LogP contribution in [0.3, 0.4) is 0 Å². The molecule has 0 aliphatic heterocycles. The minimum Gasteiger partial charge on any atom is -0.399 e. The number of nitrogens with one attached hydrogen (secondary N) is 2. The molecule has 0 fully saturated rings. The summed E-state index contributed by atoms with van der Waals surface area (Å²) in [5.41, 5.74) is 10.3. The summed E-state index contributed by atoms with van der Waals surface area (Å²) in [6, 6.07) is 6.22. The van der Waals surface area contributed by atoms with Crippen LogP contribution in [0.2, 0.25) is 0 Å². The Balaban J connectivity index is 1.99. The Hall–Kier alpha value is -1.97. The van der Waals surface area contributed by atoms with Crippen LogP contribution in [0.1, 0.15) is 24.6 Å². The summed E-state index contributed by atoms with van der Waals surface area (Å²) in [5.74, 6) is 0.0486. The van der Waals surface area contributed by atoms with Crippen molar-refractivity contribution in [2.45, 2.75) is 32.2 Å². The molecule has 0 spiro atoms. The number of hydrogen-bond donors (Lipinski definition) is 3. The molecule has 2 aromatic rings. The van der Waals surface area contributed by atoms with Crippen LogP contribution in [0.4, 0.5) is 5.69 Å². The van der Waals surface area contributed by atoms with Crippen molar-refractivity contribution in [3.8, 4) is 0 Å². The van der Waals surface area contributed by atoms with Crippen LogP contribution < -0.4 is 11.1 Å². The summed E-state index contributed by atoms with van der Waals surface area (Å²) in [6.45, 7) is 1.57. The van der Waals surface area contributed by atoms with Crippen molar-refractivity contribution in [2.24, 2.45) is 0 Å². The minimum atomic E-state index is 0.0486. The number of carbonyl (C=O) groups excluding carboxylic acids is 1. The van der Waals surface area contributed by atoms with Crippen LogP contribution in [-0.4, -0.2) is 16.9 Å². The average molecular weight is 243 g/mol. The average Bonchev–Trinajstić information content (AvgIpc) is 2.65. The predicted octanol–water partition coefficient (Wildman–Crippen LogP) is 1.74. The Morgan fingerprint density at radius 2 is 2.33 bits per heavy atom. The summed E-state index contributed by atoms with van der Waals surface area (Å²) in [7, 11) is 0. The number of H-pyrrole nitrogens is 1. The number of rotatable bonds is 1. The van der Waals surface area contributed by atoms with Crippen molar-refractivity contribution in [1.82, 2.24) is 10.3 Å². The molecule has 1 aromatic heterocycles. The third kappa shape index (κ3) is 1.83. The first-order valence-corrected chi connectivity index (χ1v) is 6.29. The quantitative estimate of drug-likeness (QED) is 0.668. The highest BCUT2D eigenvalue weighted by atomic mass is 16.1. The first-order chi connectivity index (χ1) is 8.63. The molecule has 1 heterocycles. The molecule has 1 atom stereocenters. The Labute approximate surface area is 106 Å². The molecule has 1 aliphatic carbocycles. The van der Waals surface area contributed by atoms with E-state index in [1.807, 2.05) is 12.1 Å². The fourth-order valence-electron chi connectivity index (χ4n) is 2.85. The molecule has 1 unspecified atom stereocenters. The summed E-state index contributed by atoms with van der Waals surface area (Å²) in [5, 5.41) is 4.24. The van der Waals surface area contributed by atoms with Gasteiger partial charge in [0.2, 0.25) is 5.91 Å². The van der Waals surface area contributed by atoms with Crippen molar-refractivity contribution in [1.29, 1.82) is 0 Å². The van der Waals surface area contributed by atoms with Crippen molar-refractivity contribution in [3.63, 3.8) is 0 Å². The third-order valence-corrected chi connectivity index (χ3v) is 3.62. The number of benzene rings is 1. The van der Waals surface area contributed by atoms with Crippen LogP contribution >= 0.6 is 0 Å². The van der Waals surface area contributed by atoms with E-state index in [-0.39, 0.29) is 11.9 Å². The summed E-state index contributed by atoms with van der Waals surface area (Å²) >= 11 is 0. The number of aromatic amines is 1. The van der Waals surface area contributed by atoms with Gasteiger partial charge in [-0.2, -0.15) is 0 Å². The number of fused-ring (bicyclic) bond motifs is 3. The van der Waals surface area contributed by atoms with Gasteiger partial charge in [0.05, 0.1) is 0 Å². The monoisotopic (exact) mass is 243 g/mol. The fourth-order valence-corrected chi connectivity index (χ4v) is 2.85. The molecule has 0 bridgehead atoms. The zero-order valence-electron chi connectivity index (χ0n) is 10.4. The van der Waals surface area contributed by atoms with Crippen molar-refractivity contribution in [3.05, 3.63) is 29.5 Å². The van der Waals surface area contributed by atoms with Crippen molar-refractivity contribution >= 4 is 22.5 Å². The molecule has 1 aromatic carbocycles. The molecular weight excluding hydrogens is 226 g/mol. The number of hydrogen-bond acceptors (Lipinski definition) is 2. The number of aryl methyl sites for hydroxylation is 1. The predicted molar refractivity (Wildman–Crippen MR) is 72.3 cm³/mol. The van der Waals surface area contributed by atoms with Crippen molar-refractivity contribution in [2.75, 3.05) is 5.73 Å². The van der Waals surface area contributed by atoms with Gasteiger partial charge < -0.3 is 16.0 Å². The maximum atomic E-state index is 11.1. The molecule has 18 heavy (non-hydrogen) atoms. The Kier molecular flexibility index (Phi) is 2.51. The normalized spacial score (nSPS) is 18.6. The molecule has 0 saturated carbocycles. The van der Waals surface area contributed by atoms with E-state index in [1.54, 1.807) is 6.92 Å². The van der Waals surface area contributed by atoms with Gasteiger partial charge in [0.1, 0.15) is 0 Å². The summed E-state index contributed by atoms with van der Waals surface area (Å²) < 4.78 is 0. The van der Waals surface area contributed by atoms with E-state index >= 15 is 0 Å². The van der Waals surface area contributed by atoms with Crippen LogP contribution in [-0.2, 0) is 17.6 Å². The van der Waals surface area contributed by atoms with E-state index in [9.17, 15) is 4.79 Å². The van der Waals surface area contributed by atoms with Gasteiger partial charge in [0, 0.05) is 35.2 Å². The number of aromatic nitrogens is 1. The summed E-state index contributed by atoms with van der Waals surface area (Å²) in [4.78, 5) is 14.6. The van der Waals surface area contributed by atoms with Gasteiger partial charge in [-0.05, 0) is 37.0 Å². The van der Waals surface area contributed by atoms with Gasteiger partial charge in [0.15, 0.2) is 0 Å². The van der Waals surface area contributed by atoms with Crippen LogP contribution in [0.15, 0.2) is 18.2 Å². The summed E-state index contributed by atoms with van der Waals surface area (Å²) in [6.07, 6.45) is 2.88. The number of nitrogens with two attached hydrogens (primary N) is 1. The number of carbonyl (C=O) groups is 1. The lowest BCUT2D eigenvalue weighted by Gasteiger charge is -2.23. The lowest BCUT2D eigenvalue weighted by molar-refractivity contribution is -0.119. The molecule has 4 nitrogen and oxygen atoms in total. The Bertz CT molecular complexity index is 615. The molecule has 1 aliphatic rings. The van der Waals surface area contributed by atoms with Gasteiger partial charge in [-0.1, -0.05) is 6.07 Å². The maximum Gasteiger partial charge on any atom is 0.217 e. The Morgan fingerprint density at radius 1 is 1.50 bits per heavy atom. The maximum absolute atomic E-state index is 11.1. The van der Waals surface area contributed by atoms with Crippen LogP contribution in [0.5, 0.6) is 0 Å². The number of nitrogen functional groups attached to an aromatic ring is 1. The lowest BCUT2D eigenvalue weighted by Crippen LogP contribution is -2.37. The minimum absolute atomic E-state index is 0.0486. The van der Waals surface area contributed by atoms with E-state index in [4.69, 9.17) is 5.73 Å². The molecule has 0 radical (unpaired) electrons. The SMILES string of the molecule is CC(=O)NC1CCc2[nH]c3cc(N)ccc3c2C1. The molecule has 4 heteroatoms. The second-order valence-corrected chi connectivity index (χ2v) is 5.03. The van der Waals surface area contributed by atoms with E-state index in [0.29, 0.717) is 0 Å². The molecule has 1 amide bonds. The molecule has 0 saturated heterocycles. The first kappa shape index (κ1) is 11.1. The van der Waals surface area contributed by atoms with Gasteiger partial charge in [-0.3, -0.25) is 4.79 Å². The van der Waals surface area contributed by atoms with Crippen molar-refractivity contribution < 1.29 is 4.79 Å². The highest BCUT2D eigenvalue weighted by molar-refractivity contribution is 5.87. The number of amides is 1. The van der Waals surface area contributed by atoms with E-state index < -0.39 is 0 Å². The van der Waals surface area contributed by atoms with Gasteiger partial charge >= 0.3 is 0 Å². The largest absolute Gasteiger partial charge is 0.399 e. The standard InChI is InChI=1S/C14H17N3O/c1-8(18)16-10-3-5-13-12(7-10)11-4-2-9(15)6-14(11)17-13/h2,4,6,10,17H,3,5,7,15H2,1H3,(H,16,18). The number of anilines is 1. The van der Waals surface area contributed by atoms with E-state index in [0.717, 1.165) is 30.5 Å². The zero-order chi connectivity index (χ0) is 12.7.